The van der Waals surface area contributed by atoms with Crippen LogP contribution in [0.15, 0.2) is 24.4 Å². The van der Waals surface area contributed by atoms with E-state index in [1.165, 1.54) is 89.2 Å². The van der Waals surface area contributed by atoms with E-state index in [0.29, 0.717) is 6.04 Å². The fraction of sp³-hybridized carbons (Fsp3) is 0.773. The van der Waals surface area contributed by atoms with Crippen LogP contribution in [-0.4, -0.2) is 0 Å². The highest BCUT2D eigenvalue weighted by Crippen LogP contribution is 2.16. The van der Waals surface area contributed by atoms with E-state index in [9.17, 15) is 0 Å². The van der Waals surface area contributed by atoms with Gasteiger partial charge in [0.05, 0.1) is 0 Å². The minimum atomic E-state index is 0.690. The smallest absolute Gasteiger partial charge is 0.178 e. The molecule has 1 heterocycles. The summed E-state index contributed by atoms with van der Waals surface area (Å²) in [7, 11) is 0. The van der Waals surface area contributed by atoms with Crippen LogP contribution in [0.4, 0.5) is 0 Å². The van der Waals surface area contributed by atoms with Gasteiger partial charge in [0, 0.05) is 31.9 Å². The Hall–Kier alpha value is -0.850. The van der Waals surface area contributed by atoms with Crippen molar-refractivity contribution in [3.8, 4) is 0 Å². The lowest BCUT2D eigenvalue weighted by atomic mass is 10.0. The van der Waals surface area contributed by atoms with Crippen molar-refractivity contribution in [1.29, 1.82) is 0 Å². The molecule has 0 aromatic carbocycles. The molecule has 0 spiro atoms. The normalized spacial score (nSPS) is 12.5. The fourth-order valence-electron chi connectivity index (χ4n) is 3.53. The maximum atomic E-state index is 2.47. The average molecular weight is 319 g/mol. The van der Waals surface area contributed by atoms with E-state index in [0.717, 1.165) is 0 Å². The molecule has 132 valence electrons. The maximum Gasteiger partial charge on any atom is 0.178 e. The molecular formula is C22H40N+. The molecule has 0 radical (unpaired) electrons. The minimum Gasteiger partial charge on any atom is -0.200 e. The number of aromatic nitrogens is 1. The quantitative estimate of drug-likeness (QED) is 0.258. The van der Waals surface area contributed by atoms with Crippen molar-refractivity contribution in [3.05, 3.63) is 30.1 Å². The molecule has 0 amide bonds. The van der Waals surface area contributed by atoms with Crippen molar-refractivity contribution in [2.75, 3.05) is 0 Å². The van der Waals surface area contributed by atoms with Gasteiger partial charge in [0.1, 0.15) is 0 Å². The summed E-state index contributed by atoms with van der Waals surface area (Å²) in [6.45, 7) is 6.84. The second-order valence-electron chi connectivity index (χ2n) is 7.14. The van der Waals surface area contributed by atoms with Crippen molar-refractivity contribution in [2.24, 2.45) is 0 Å². The molecule has 0 saturated carbocycles. The summed E-state index contributed by atoms with van der Waals surface area (Å²) in [6, 6.07) is 7.22. The second-order valence-corrected chi connectivity index (χ2v) is 7.14. The number of hydrogen-bond donors (Lipinski definition) is 0. The number of pyridine rings is 1. The van der Waals surface area contributed by atoms with Gasteiger partial charge >= 0.3 is 0 Å². The lowest BCUT2D eigenvalue weighted by molar-refractivity contribution is -0.729. The summed E-state index contributed by atoms with van der Waals surface area (Å²) in [5.41, 5.74) is 1.39. The molecule has 1 atom stereocenters. The molecule has 1 rings (SSSR count). The van der Waals surface area contributed by atoms with E-state index in [-0.39, 0.29) is 0 Å². The second kappa shape index (κ2) is 13.6. The molecule has 1 nitrogen and oxygen atoms in total. The van der Waals surface area contributed by atoms with Crippen LogP contribution in [0.1, 0.15) is 109 Å². The van der Waals surface area contributed by atoms with Gasteiger partial charge in [-0.05, 0) is 6.42 Å². The van der Waals surface area contributed by atoms with Gasteiger partial charge in [-0.15, -0.1) is 0 Å². The highest BCUT2D eigenvalue weighted by molar-refractivity contribution is 4.94. The highest BCUT2D eigenvalue weighted by Gasteiger charge is 2.17. The van der Waals surface area contributed by atoms with Crippen molar-refractivity contribution < 1.29 is 4.57 Å². The summed E-state index contributed by atoms with van der Waals surface area (Å²) in [5.74, 6) is 0. The van der Waals surface area contributed by atoms with E-state index in [1.807, 2.05) is 0 Å². The Balaban J connectivity index is 2.02. The molecule has 0 bridgehead atoms. The average Bonchev–Trinajstić information content (AvgIpc) is 2.57. The van der Waals surface area contributed by atoms with Crippen molar-refractivity contribution in [1.82, 2.24) is 0 Å². The molecule has 0 fully saturated rings. The Bertz CT molecular complexity index is 385. The predicted molar refractivity (Wildman–Crippen MR) is 102 cm³/mol. The first kappa shape index (κ1) is 20.2. The van der Waals surface area contributed by atoms with E-state index in [2.05, 4.69) is 49.7 Å². The lowest BCUT2D eigenvalue weighted by Crippen LogP contribution is -2.41. The minimum absolute atomic E-state index is 0.690. The third kappa shape index (κ3) is 9.13. The molecule has 1 aromatic rings. The van der Waals surface area contributed by atoms with Crippen LogP contribution in [0.2, 0.25) is 0 Å². The zero-order chi connectivity index (χ0) is 16.8. The van der Waals surface area contributed by atoms with Gasteiger partial charge in [-0.1, -0.05) is 84.1 Å². The molecule has 0 aliphatic heterocycles. The topological polar surface area (TPSA) is 3.88 Å². The first-order valence-corrected chi connectivity index (χ1v) is 10.3. The van der Waals surface area contributed by atoms with Crippen LogP contribution in [-0.2, 0) is 0 Å². The van der Waals surface area contributed by atoms with E-state index in [1.54, 1.807) is 0 Å². The maximum absolute atomic E-state index is 2.47. The monoisotopic (exact) mass is 318 g/mol. The van der Waals surface area contributed by atoms with Crippen LogP contribution < -0.4 is 4.57 Å². The summed E-state index contributed by atoms with van der Waals surface area (Å²) in [6.07, 6.45) is 20.6. The van der Waals surface area contributed by atoms with Crippen LogP contribution in [0.3, 0.4) is 0 Å². The van der Waals surface area contributed by atoms with E-state index in [4.69, 9.17) is 0 Å². The van der Waals surface area contributed by atoms with Crippen molar-refractivity contribution >= 4 is 0 Å². The Kier molecular flexibility index (Phi) is 11.9. The largest absolute Gasteiger partial charge is 0.200 e. The predicted octanol–water partition coefficient (Wildman–Crippen LogP) is 6.93. The van der Waals surface area contributed by atoms with Gasteiger partial charge in [-0.3, -0.25) is 0 Å². The molecule has 0 aliphatic rings. The van der Waals surface area contributed by atoms with E-state index >= 15 is 0 Å². The summed E-state index contributed by atoms with van der Waals surface area (Å²) < 4.78 is 2.47. The molecule has 1 aromatic heterocycles. The lowest BCUT2D eigenvalue weighted by Gasteiger charge is -2.12. The molecule has 0 saturated heterocycles. The van der Waals surface area contributed by atoms with Crippen LogP contribution in [0.25, 0.3) is 0 Å². The van der Waals surface area contributed by atoms with Gasteiger partial charge in [0.2, 0.25) is 0 Å². The van der Waals surface area contributed by atoms with Gasteiger partial charge in [-0.2, -0.15) is 0 Å². The molecular weight excluding hydrogens is 278 g/mol. The Morgan fingerprint density at radius 1 is 0.783 bits per heavy atom. The third-order valence-corrected chi connectivity index (χ3v) is 5.11. The summed E-state index contributed by atoms with van der Waals surface area (Å²) in [4.78, 5) is 0. The Labute approximate surface area is 145 Å². The number of rotatable bonds is 14. The van der Waals surface area contributed by atoms with Crippen LogP contribution in [0.5, 0.6) is 0 Å². The first-order valence-electron chi connectivity index (χ1n) is 10.3. The molecule has 0 N–H and O–H groups in total. The summed E-state index contributed by atoms with van der Waals surface area (Å²) >= 11 is 0. The molecule has 1 heteroatoms. The molecule has 0 aliphatic carbocycles. The van der Waals surface area contributed by atoms with Gasteiger partial charge in [0.15, 0.2) is 17.9 Å². The Morgan fingerprint density at radius 3 is 1.87 bits per heavy atom. The van der Waals surface area contributed by atoms with Crippen molar-refractivity contribution in [3.63, 3.8) is 0 Å². The molecule has 23 heavy (non-hydrogen) atoms. The number of nitrogens with zero attached hydrogens (tertiary/aromatic N) is 1. The van der Waals surface area contributed by atoms with Crippen molar-refractivity contribution in [2.45, 2.75) is 110 Å². The number of unbranched alkanes of at least 4 members (excludes halogenated alkanes) is 10. The summed E-state index contributed by atoms with van der Waals surface area (Å²) in [5, 5.41) is 0. The Morgan fingerprint density at radius 2 is 1.35 bits per heavy atom. The van der Waals surface area contributed by atoms with Crippen LogP contribution in [0, 0.1) is 6.92 Å². The third-order valence-electron chi connectivity index (χ3n) is 5.11. The van der Waals surface area contributed by atoms with E-state index < -0.39 is 0 Å². The first-order chi connectivity index (χ1) is 11.3. The SMILES string of the molecule is CCCCCCCCCCCCCC(CC)[n+]1ccccc1C. The van der Waals surface area contributed by atoms with Gasteiger partial charge in [-0.25, -0.2) is 4.57 Å². The van der Waals surface area contributed by atoms with Gasteiger partial charge < -0.3 is 0 Å². The van der Waals surface area contributed by atoms with Crippen LogP contribution >= 0.6 is 0 Å². The van der Waals surface area contributed by atoms with Gasteiger partial charge in [0.25, 0.3) is 0 Å². The highest BCUT2D eigenvalue weighted by atomic mass is 15.0. The zero-order valence-electron chi connectivity index (χ0n) is 16.0. The molecule has 1 unspecified atom stereocenters. The number of hydrogen-bond acceptors (Lipinski definition) is 0. The standard InChI is InChI=1S/C22H40N/c1-4-6-7-8-9-10-11-12-13-14-15-19-22(5-2)23-20-17-16-18-21(23)3/h16-18,20,22H,4-15,19H2,1-3H3/q+1. The zero-order valence-corrected chi connectivity index (χ0v) is 16.0. The fourth-order valence-corrected chi connectivity index (χ4v) is 3.53. The number of aryl methyl sites for hydroxylation is 1.